The lowest BCUT2D eigenvalue weighted by molar-refractivity contribution is 0.0742. The predicted molar refractivity (Wildman–Crippen MR) is 66.3 cm³/mol. The van der Waals surface area contributed by atoms with E-state index in [4.69, 9.17) is 0 Å². The first kappa shape index (κ1) is 12.4. The fourth-order valence-corrected chi connectivity index (χ4v) is 2.67. The molecule has 0 spiro atoms. The number of nitrogens with zero attached hydrogens (tertiary/aromatic N) is 2. The molecule has 2 fully saturated rings. The molecule has 94 valence electrons. The summed E-state index contributed by atoms with van der Waals surface area (Å²) in [7, 11) is 0. The second-order valence-electron chi connectivity index (χ2n) is 4.65. The van der Waals surface area contributed by atoms with E-state index in [1.54, 1.807) is 12.3 Å². The highest BCUT2D eigenvalue weighted by Gasteiger charge is 2.31. The van der Waals surface area contributed by atoms with Crippen LogP contribution in [-0.4, -0.2) is 46.2 Å². The van der Waals surface area contributed by atoms with Crippen molar-refractivity contribution in [1.29, 1.82) is 0 Å². The summed E-state index contributed by atoms with van der Waals surface area (Å²) >= 11 is 0. The molecule has 1 amide bonds. The second-order valence-corrected chi connectivity index (χ2v) is 4.65. The Hall–Kier alpha value is -1.07. The van der Waals surface area contributed by atoms with Gasteiger partial charge in [-0.25, -0.2) is 0 Å². The van der Waals surface area contributed by atoms with Gasteiger partial charge in [0.25, 0.3) is 5.91 Å². The van der Waals surface area contributed by atoms with E-state index in [0.717, 1.165) is 19.5 Å². The monoisotopic (exact) mass is 256 g/mol. The molecule has 2 atom stereocenters. The van der Waals surface area contributed by atoms with Gasteiger partial charge in [0.15, 0.2) is 0 Å². The zero-order chi connectivity index (χ0) is 11.0. The number of aromatic nitrogens is 2. The first-order valence-corrected chi connectivity index (χ1v) is 5.87. The summed E-state index contributed by atoms with van der Waals surface area (Å²) in [6.45, 7) is 1.68. The van der Waals surface area contributed by atoms with Crippen molar-refractivity contribution in [3.05, 3.63) is 18.0 Å². The van der Waals surface area contributed by atoms with Gasteiger partial charge < -0.3 is 10.2 Å². The predicted octanol–water partition coefficient (Wildman–Crippen LogP) is 0.798. The van der Waals surface area contributed by atoms with E-state index >= 15 is 0 Å². The van der Waals surface area contributed by atoms with Crippen LogP contribution in [0.25, 0.3) is 0 Å². The van der Waals surface area contributed by atoms with Crippen LogP contribution in [-0.2, 0) is 0 Å². The number of hydrogen-bond acceptors (Lipinski definition) is 3. The van der Waals surface area contributed by atoms with Crippen molar-refractivity contribution < 1.29 is 4.79 Å². The maximum absolute atomic E-state index is 12.1. The zero-order valence-electron chi connectivity index (χ0n) is 9.56. The molecule has 2 unspecified atom stereocenters. The van der Waals surface area contributed by atoms with Crippen LogP contribution in [0.3, 0.4) is 0 Å². The van der Waals surface area contributed by atoms with Crippen LogP contribution in [0.2, 0.25) is 0 Å². The van der Waals surface area contributed by atoms with Crippen LogP contribution in [0.15, 0.2) is 12.3 Å². The third-order valence-corrected chi connectivity index (χ3v) is 3.54. The molecule has 2 N–H and O–H groups in total. The molecule has 2 aliphatic heterocycles. The first-order valence-electron chi connectivity index (χ1n) is 5.87. The molecule has 2 aliphatic rings. The van der Waals surface area contributed by atoms with Gasteiger partial charge in [-0.05, 0) is 25.3 Å². The van der Waals surface area contributed by atoms with Crippen molar-refractivity contribution in [2.45, 2.75) is 31.3 Å². The Morgan fingerprint density at radius 2 is 2.18 bits per heavy atom. The van der Waals surface area contributed by atoms with Crippen molar-refractivity contribution in [3.8, 4) is 0 Å². The molecule has 0 aromatic carbocycles. The van der Waals surface area contributed by atoms with Gasteiger partial charge in [0, 0.05) is 31.4 Å². The molecule has 0 aliphatic carbocycles. The van der Waals surface area contributed by atoms with Gasteiger partial charge in [-0.2, -0.15) is 5.10 Å². The number of carbonyl (C=O) groups excluding carboxylic acids is 1. The zero-order valence-corrected chi connectivity index (χ0v) is 10.4. The van der Waals surface area contributed by atoms with Crippen LogP contribution in [0.4, 0.5) is 0 Å². The second kappa shape index (κ2) is 5.06. The van der Waals surface area contributed by atoms with Crippen LogP contribution < -0.4 is 5.32 Å². The number of fused-ring (bicyclic) bond motifs is 2. The van der Waals surface area contributed by atoms with E-state index < -0.39 is 0 Å². The van der Waals surface area contributed by atoms with Gasteiger partial charge in [-0.1, -0.05) is 0 Å². The number of hydrogen-bond donors (Lipinski definition) is 2. The highest BCUT2D eigenvalue weighted by atomic mass is 35.5. The Morgan fingerprint density at radius 1 is 1.35 bits per heavy atom. The Kier molecular flexibility index (Phi) is 3.69. The highest BCUT2D eigenvalue weighted by Crippen LogP contribution is 2.21. The van der Waals surface area contributed by atoms with Crippen molar-refractivity contribution in [2.75, 3.05) is 13.1 Å². The van der Waals surface area contributed by atoms with Gasteiger partial charge in [-0.3, -0.25) is 9.89 Å². The number of halogens is 1. The first-order chi connectivity index (χ1) is 7.83. The van der Waals surface area contributed by atoms with E-state index in [1.807, 2.05) is 4.90 Å². The Balaban J connectivity index is 0.00000108. The number of rotatable bonds is 1. The molecule has 17 heavy (non-hydrogen) atoms. The maximum Gasteiger partial charge on any atom is 0.271 e. The number of likely N-dealkylation sites (tertiary alicyclic amines) is 1. The smallest absolute Gasteiger partial charge is 0.271 e. The van der Waals surface area contributed by atoms with Crippen molar-refractivity contribution in [1.82, 2.24) is 20.4 Å². The van der Waals surface area contributed by atoms with Gasteiger partial charge >= 0.3 is 0 Å². The average Bonchev–Trinajstić information content (AvgIpc) is 2.87. The van der Waals surface area contributed by atoms with Gasteiger partial charge in [0.2, 0.25) is 0 Å². The molecular formula is C11H17ClN4O. The van der Waals surface area contributed by atoms with Crippen LogP contribution in [0, 0.1) is 0 Å². The summed E-state index contributed by atoms with van der Waals surface area (Å²) in [5.41, 5.74) is 0.595. The number of carbonyl (C=O) groups is 1. The summed E-state index contributed by atoms with van der Waals surface area (Å²) in [4.78, 5) is 14.1. The lowest BCUT2D eigenvalue weighted by atomic mass is 10.1. The van der Waals surface area contributed by atoms with Crippen LogP contribution >= 0.6 is 12.4 Å². The summed E-state index contributed by atoms with van der Waals surface area (Å²) in [5.74, 6) is 0.0758. The van der Waals surface area contributed by atoms with Gasteiger partial charge in [0.1, 0.15) is 5.69 Å². The van der Waals surface area contributed by atoms with Crippen molar-refractivity contribution >= 4 is 18.3 Å². The molecule has 1 aromatic rings. The maximum atomic E-state index is 12.1. The van der Waals surface area contributed by atoms with Crippen LogP contribution in [0.5, 0.6) is 0 Å². The van der Waals surface area contributed by atoms with E-state index in [-0.39, 0.29) is 18.3 Å². The number of H-pyrrole nitrogens is 1. The molecule has 0 radical (unpaired) electrons. The summed E-state index contributed by atoms with van der Waals surface area (Å²) < 4.78 is 0. The third kappa shape index (κ3) is 2.45. The molecule has 2 bridgehead atoms. The minimum atomic E-state index is 0. The van der Waals surface area contributed by atoms with Crippen LogP contribution in [0.1, 0.15) is 29.8 Å². The highest BCUT2D eigenvalue weighted by molar-refractivity contribution is 5.92. The SMILES string of the molecule is Cl.O=C(c1ccn[nH]1)N1CCC2CCC(C1)N2. The largest absolute Gasteiger partial charge is 0.336 e. The summed E-state index contributed by atoms with van der Waals surface area (Å²) in [5, 5.41) is 10.1. The molecule has 3 heterocycles. The average molecular weight is 257 g/mol. The molecule has 2 saturated heterocycles. The molecular weight excluding hydrogens is 240 g/mol. The summed E-state index contributed by atoms with van der Waals surface area (Å²) in [6, 6.07) is 2.84. The van der Waals surface area contributed by atoms with E-state index in [9.17, 15) is 4.79 Å². The lowest BCUT2D eigenvalue weighted by Crippen LogP contribution is -2.39. The number of aromatic amines is 1. The fraction of sp³-hybridized carbons (Fsp3) is 0.636. The van der Waals surface area contributed by atoms with Gasteiger partial charge in [0.05, 0.1) is 0 Å². The van der Waals surface area contributed by atoms with E-state index in [1.165, 1.54) is 12.8 Å². The van der Waals surface area contributed by atoms with E-state index in [2.05, 4.69) is 15.5 Å². The number of amides is 1. The third-order valence-electron chi connectivity index (χ3n) is 3.54. The van der Waals surface area contributed by atoms with Crippen molar-refractivity contribution in [2.24, 2.45) is 0 Å². The topological polar surface area (TPSA) is 61.0 Å². The molecule has 3 rings (SSSR count). The van der Waals surface area contributed by atoms with Crippen molar-refractivity contribution in [3.63, 3.8) is 0 Å². The minimum absolute atomic E-state index is 0. The molecule has 1 aromatic heterocycles. The minimum Gasteiger partial charge on any atom is -0.336 e. The van der Waals surface area contributed by atoms with E-state index in [0.29, 0.717) is 17.8 Å². The summed E-state index contributed by atoms with van der Waals surface area (Å²) in [6.07, 6.45) is 5.14. The molecule has 5 nitrogen and oxygen atoms in total. The lowest BCUT2D eigenvalue weighted by Gasteiger charge is -2.23. The Bertz CT molecular complexity index is 381. The quantitative estimate of drug-likeness (QED) is 0.781. The Morgan fingerprint density at radius 3 is 2.94 bits per heavy atom. The number of nitrogens with one attached hydrogen (secondary N) is 2. The molecule has 6 heteroatoms. The molecule has 0 saturated carbocycles. The Labute approximate surface area is 106 Å². The fourth-order valence-electron chi connectivity index (χ4n) is 2.67. The normalized spacial score (nSPS) is 27.4. The standard InChI is InChI=1S/C11H16N4O.ClH/c16-11(10-3-5-12-14-10)15-6-4-8-1-2-9(7-15)13-8;/h3,5,8-9,13H,1-2,4,6-7H2,(H,12,14);1H. The van der Waals surface area contributed by atoms with Gasteiger partial charge in [-0.15, -0.1) is 12.4 Å².